The highest BCUT2D eigenvalue weighted by molar-refractivity contribution is 5.95. The number of hydrogen-bond donors (Lipinski definition) is 7. The molecule has 0 aromatic heterocycles. The molecule has 0 aliphatic heterocycles. The van der Waals surface area contributed by atoms with E-state index >= 15 is 0 Å². The molecule has 0 heterocycles. The molecule has 5 unspecified atom stereocenters. The number of aliphatic carboxylic acids is 2. The zero-order valence-electron chi connectivity index (χ0n) is 18.2. The van der Waals surface area contributed by atoms with E-state index in [9.17, 15) is 29.1 Å². The number of carboxylic acid groups (broad SMARTS) is 2. The zero-order chi connectivity index (χ0) is 24.1. The van der Waals surface area contributed by atoms with Crippen molar-refractivity contribution in [3.8, 4) is 0 Å². The van der Waals surface area contributed by atoms with Crippen molar-refractivity contribution in [2.24, 2.45) is 17.4 Å². The standard InChI is InChI=1S/C19H35N5O7/c1-4-10(2)15(19(30)31)24-16(27)11(3)22-18(29)13(9-14(25)26)23-17(28)12(21)7-5-6-8-20/h10-13,15H,4-9,20-21H2,1-3H3,(H,22,29)(H,23,28)(H,24,27)(H,25,26)(H,30,31). The number of carbonyl (C=O) groups is 5. The second-order valence-corrected chi connectivity index (χ2v) is 7.49. The molecule has 3 amide bonds. The van der Waals surface area contributed by atoms with Gasteiger partial charge in [0, 0.05) is 0 Å². The van der Waals surface area contributed by atoms with E-state index in [1.165, 1.54) is 6.92 Å². The Labute approximate surface area is 181 Å². The quantitative estimate of drug-likeness (QED) is 0.146. The lowest BCUT2D eigenvalue weighted by molar-refractivity contribution is -0.144. The van der Waals surface area contributed by atoms with Crippen LogP contribution in [0.3, 0.4) is 0 Å². The molecule has 0 rings (SSSR count). The van der Waals surface area contributed by atoms with Crippen molar-refractivity contribution in [2.75, 3.05) is 6.54 Å². The smallest absolute Gasteiger partial charge is 0.326 e. The lowest BCUT2D eigenvalue weighted by atomic mass is 9.99. The maximum absolute atomic E-state index is 12.5. The molecule has 0 aromatic carbocycles. The van der Waals surface area contributed by atoms with Crippen LogP contribution in [-0.2, 0) is 24.0 Å². The topological polar surface area (TPSA) is 214 Å². The lowest BCUT2D eigenvalue weighted by Gasteiger charge is -2.24. The van der Waals surface area contributed by atoms with Gasteiger partial charge in [-0.25, -0.2) is 4.79 Å². The maximum atomic E-state index is 12.5. The summed E-state index contributed by atoms with van der Waals surface area (Å²) in [6, 6.07) is -4.70. The molecular weight excluding hydrogens is 410 g/mol. The summed E-state index contributed by atoms with van der Waals surface area (Å²) in [7, 11) is 0. The van der Waals surface area contributed by atoms with Gasteiger partial charge in [0.15, 0.2) is 0 Å². The minimum Gasteiger partial charge on any atom is -0.481 e. The highest BCUT2D eigenvalue weighted by atomic mass is 16.4. The fourth-order valence-electron chi connectivity index (χ4n) is 2.64. The van der Waals surface area contributed by atoms with E-state index in [4.69, 9.17) is 16.6 Å². The average Bonchev–Trinajstić information content (AvgIpc) is 2.69. The van der Waals surface area contributed by atoms with Crippen LogP contribution in [0, 0.1) is 5.92 Å². The van der Waals surface area contributed by atoms with Crippen molar-refractivity contribution in [1.29, 1.82) is 0 Å². The first-order chi connectivity index (χ1) is 14.4. The molecular formula is C19H35N5O7. The number of nitrogens with one attached hydrogen (secondary N) is 3. The molecule has 0 saturated heterocycles. The van der Waals surface area contributed by atoms with E-state index in [2.05, 4.69) is 16.0 Å². The molecule has 9 N–H and O–H groups in total. The van der Waals surface area contributed by atoms with E-state index < -0.39 is 60.2 Å². The number of nitrogens with two attached hydrogens (primary N) is 2. The van der Waals surface area contributed by atoms with E-state index in [0.29, 0.717) is 32.2 Å². The summed E-state index contributed by atoms with van der Waals surface area (Å²) in [4.78, 5) is 59.4. The predicted octanol–water partition coefficient (Wildman–Crippen LogP) is -1.48. The van der Waals surface area contributed by atoms with Crippen molar-refractivity contribution >= 4 is 29.7 Å². The van der Waals surface area contributed by atoms with Crippen molar-refractivity contribution in [3.63, 3.8) is 0 Å². The second-order valence-electron chi connectivity index (χ2n) is 7.49. The minimum absolute atomic E-state index is 0.315. The third kappa shape index (κ3) is 10.7. The van der Waals surface area contributed by atoms with Gasteiger partial charge in [-0.15, -0.1) is 0 Å². The molecule has 0 radical (unpaired) electrons. The van der Waals surface area contributed by atoms with E-state index in [1.807, 2.05) is 0 Å². The van der Waals surface area contributed by atoms with Crippen molar-refractivity contribution in [2.45, 2.75) is 77.0 Å². The van der Waals surface area contributed by atoms with Crippen molar-refractivity contribution < 1.29 is 34.2 Å². The fourth-order valence-corrected chi connectivity index (χ4v) is 2.64. The van der Waals surface area contributed by atoms with Crippen LogP contribution in [-0.4, -0.2) is 70.6 Å². The number of hydrogen-bond acceptors (Lipinski definition) is 7. The van der Waals surface area contributed by atoms with Gasteiger partial charge < -0.3 is 37.6 Å². The number of carbonyl (C=O) groups excluding carboxylic acids is 3. The van der Waals surface area contributed by atoms with Crippen LogP contribution in [0.4, 0.5) is 0 Å². The maximum Gasteiger partial charge on any atom is 0.326 e. The SMILES string of the molecule is CCC(C)C(NC(=O)C(C)NC(=O)C(CC(=O)O)NC(=O)C(N)CCCCN)C(=O)O. The number of rotatable bonds is 15. The molecule has 31 heavy (non-hydrogen) atoms. The Morgan fingerprint density at radius 3 is 2.00 bits per heavy atom. The van der Waals surface area contributed by atoms with Crippen molar-refractivity contribution in [3.05, 3.63) is 0 Å². The van der Waals surface area contributed by atoms with E-state index in [1.54, 1.807) is 13.8 Å². The summed E-state index contributed by atoms with van der Waals surface area (Å²) in [6.45, 7) is 5.20. The zero-order valence-corrected chi connectivity index (χ0v) is 18.2. The molecule has 0 aromatic rings. The summed E-state index contributed by atoms with van der Waals surface area (Å²) in [5, 5.41) is 25.3. The Morgan fingerprint density at radius 1 is 0.903 bits per heavy atom. The highest BCUT2D eigenvalue weighted by Gasteiger charge is 2.30. The predicted molar refractivity (Wildman–Crippen MR) is 112 cm³/mol. The first-order valence-corrected chi connectivity index (χ1v) is 10.3. The Morgan fingerprint density at radius 2 is 1.52 bits per heavy atom. The molecule has 12 nitrogen and oxygen atoms in total. The van der Waals surface area contributed by atoms with Gasteiger partial charge in [-0.1, -0.05) is 26.7 Å². The molecule has 178 valence electrons. The fraction of sp³-hybridized carbons (Fsp3) is 0.737. The van der Waals surface area contributed by atoms with Crippen LogP contribution < -0.4 is 27.4 Å². The molecule has 12 heteroatoms. The monoisotopic (exact) mass is 445 g/mol. The first-order valence-electron chi connectivity index (χ1n) is 10.3. The highest BCUT2D eigenvalue weighted by Crippen LogP contribution is 2.08. The van der Waals surface area contributed by atoms with Gasteiger partial charge in [-0.05, 0) is 32.2 Å². The summed E-state index contributed by atoms with van der Waals surface area (Å²) in [5.41, 5.74) is 11.1. The van der Waals surface area contributed by atoms with Crippen LogP contribution in [0.1, 0.15) is 52.9 Å². The third-order valence-corrected chi connectivity index (χ3v) is 4.85. The van der Waals surface area contributed by atoms with E-state index in [0.717, 1.165) is 0 Å². The number of unbranched alkanes of at least 4 members (excludes halogenated alkanes) is 1. The Bertz CT molecular complexity index is 643. The Kier molecular flexibility index (Phi) is 13.0. The van der Waals surface area contributed by atoms with Gasteiger partial charge in [0.1, 0.15) is 18.1 Å². The van der Waals surface area contributed by atoms with E-state index in [-0.39, 0.29) is 5.92 Å². The summed E-state index contributed by atoms with van der Waals surface area (Å²) in [6.07, 6.45) is 1.37. The van der Waals surface area contributed by atoms with Crippen LogP contribution >= 0.6 is 0 Å². The summed E-state index contributed by atoms with van der Waals surface area (Å²) >= 11 is 0. The second kappa shape index (κ2) is 14.3. The molecule has 0 aliphatic carbocycles. The third-order valence-electron chi connectivity index (χ3n) is 4.85. The minimum atomic E-state index is -1.45. The van der Waals surface area contributed by atoms with Gasteiger partial charge in [0.2, 0.25) is 17.7 Å². The normalized spacial score (nSPS) is 15.6. The molecule has 0 spiro atoms. The molecule has 0 aliphatic rings. The molecule has 0 bridgehead atoms. The van der Waals surface area contributed by atoms with Gasteiger partial charge >= 0.3 is 11.9 Å². The summed E-state index contributed by atoms with van der Waals surface area (Å²) < 4.78 is 0. The molecule has 0 saturated carbocycles. The van der Waals surface area contributed by atoms with Crippen LogP contribution in [0.5, 0.6) is 0 Å². The first kappa shape index (κ1) is 28.3. The number of carboxylic acids is 2. The van der Waals surface area contributed by atoms with Crippen LogP contribution in [0.25, 0.3) is 0 Å². The Balaban J connectivity index is 5.05. The van der Waals surface area contributed by atoms with Gasteiger partial charge in [-0.3, -0.25) is 19.2 Å². The lowest BCUT2D eigenvalue weighted by Crippen LogP contribution is -2.57. The van der Waals surface area contributed by atoms with Crippen molar-refractivity contribution in [1.82, 2.24) is 16.0 Å². The van der Waals surface area contributed by atoms with Gasteiger partial charge in [0.05, 0.1) is 12.5 Å². The van der Waals surface area contributed by atoms with Crippen LogP contribution in [0.15, 0.2) is 0 Å². The van der Waals surface area contributed by atoms with Gasteiger partial charge in [0.25, 0.3) is 0 Å². The molecule has 0 fully saturated rings. The summed E-state index contributed by atoms with van der Waals surface area (Å²) in [5.74, 6) is -5.23. The number of amides is 3. The average molecular weight is 446 g/mol. The Hall–Kier alpha value is -2.73. The largest absolute Gasteiger partial charge is 0.481 e. The van der Waals surface area contributed by atoms with Gasteiger partial charge in [-0.2, -0.15) is 0 Å². The molecule has 5 atom stereocenters. The van der Waals surface area contributed by atoms with Crippen LogP contribution in [0.2, 0.25) is 0 Å².